The molecule has 40 heavy (non-hydrogen) atoms. The number of nitrogens with one attached hydrogen (secondary N) is 1. The number of carbonyl (C=O) groups is 4. The first-order valence-corrected chi connectivity index (χ1v) is 13.8. The van der Waals surface area contributed by atoms with Crippen LogP contribution in [0.15, 0.2) is 54.6 Å². The van der Waals surface area contributed by atoms with E-state index in [1.54, 1.807) is 24.3 Å². The second-order valence-electron chi connectivity index (χ2n) is 10.3. The Kier molecular flexibility index (Phi) is 9.42. The Bertz CT molecular complexity index is 1190. The largest absolute Gasteiger partial charge is 0.469 e. The van der Waals surface area contributed by atoms with Gasteiger partial charge in [0.1, 0.15) is 17.8 Å². The van der Waals surface area contributed by atoms with Crippen LogP contribution >= 0.6 is 0 Å². The van der Waals surface area contributed by atoms with Gasteiger partial charge in [0.05, 0.1) is 6.42 Å². The van der Waals surface area contributed by atoms with Gasteiger partial charge in [0.15, 0.2) is 6.23 Å². The highest BCUT2D eigenvalue weighted by atomic mass is 16.5. The molecule has 2 saturated heterocycles. The number of imide groups is 1. The molecule has 0 bridgehead atoms. The minimum Gasteiger partial charge on any atom is -0.469 e. The number of benzene rings is 2. The third kappa shape index (κ3) is 6.28. The molecule has 0 radical (unpaired) electrons. The zero-order valence-corrected chi connectivity index (χ0v) is 23.4. The van der Waals surface area contributed by atoms with Crippen molar-refractivity contribution >= 4 is 23.8 Å². The number of ether oxygens (including phenoxy) is 2. The summed E-state index contributed by atoms with van der Waals surface area (Å²) < 4.78 is 11.4. The summed E-state index contributed by atoms with van der Waals surface area (Å²) in [5, 5.41) is 2.64. The number of urea groups is 1. The van der Waals surface area contributed by atoms with Gasteiger partial charge < -0.3 is 24.6 Å². The van der Waals surface area contributed by atoms with E-state index in [-0.39, 0.29) is 31.4 Å². The fourth-order valence-electron chi connectivity index (χ4n) is 5.06. The molecule has 0 saturated carbocycles. The van der Waals surface area contributed by atoms with Crippen molar-refractivity contribution in [2.75, 3.05) is 39.8 Å². The summed E-state index contributed by atoms with van der Waals surface area (Å²) in [5.41, 5.74) is 0.603. The Hall–Kier alpha value is -3.92. The van der Waals surface area contributed by atoms with Crippen molar-refractivity contribution < 1.29 is 28.7 Å². The van der Waals surface area contributed by atoms with E-state index in [1.807, 2.05) is 56.1 Å². The van der Waals surface area contributed by atoms with E-state index in [1.165, 1.54) is 0 Å². The maximum absolute atomic E-state index is 13.1. The second-order valence-corrected chi connectivity index (χ2v) is 10.3. The Morgan fingerprint density at radius 3 is 2.23 bits per heavy atom. The molecule has 2 heterocycles. The molecule has 10 heteroatoms. The van der Waals surface area contributed by atoms with Crippen molar-refractivity contribution in [3.63, 3.8) is 0 Å². The smallest absolute Gasteiger partial charge is 0.327 e. The second kappa shape index (κ2) is 13.0. The summed E-state index contributed by atoms with van der Waals surface area (Å²) in [5.74, 6) is -0.331. The lowest BCUT2D eigenvalue weighted by atomic mass is 9.72. The first kappa shape index (κ1) is 29.1. The van der Waals surface area contributed by atoms with E-state index in [2.05, 4.69) is 10.2 Å². The number of carbonyl (C=O) groups excluding carboxylic acids is 4. The maximum atomic E-state index is 13.1. The van der Waals surface area contributed by atoms with Crippen LogP contribution in [-0.4, -0.2) is 84.5 Å². The van der Waals surface area contributed by atoms with E-state index < -0.39 is 23.6 Å². The molecule has 2 aromatic carbocycles. The van der Waals surface area contributed by atoms with E-state index in [0.717, 1.165) is 23.6 Å². The van der Waals surface area contributed by atoms with Crippen LogP contribution in [0.4, 0.5) is 4.79 Å². The summed E-state index contributed by atoms with van der Waals surface area (Å²) in [4.78, 5) is 56.2. The van der Waals surface area contributed by atoms with Gasteiger partial charge in [0.25, 0.3) is 5.91 Å². The molecular formula is C30H38N4O6. The van der Waals surface area contributed by atoms with E-state index in [0.29, 0.717) is 37.2 Å². The molecular weight excluding hydrogens is 512 g/mol. The Labute approximate surface area is 235 Å². The SMILES string of the molecule is CCC1(CC)C(=O)N(C(=O)NCCC(=O)OCc2ccccc2)C1Oc1ccc(C(=O)N2CCN(C)CC2)cc1. The Morgan fingerprint density at radius 2 is 1.60 bits per heavy atom. The number of β-lactam (4-membered cyclic amide) rings is 1. The normalized spacial score (nSPS) is 18.6. The summed E-state index contributed by atoms with van der Waals surface area (Å²) in [6, 6.07) is 15.5. The zero-order valence-electron chi connectivity index (χ0n) is 23.4. The summed E-state index contributed by atoms with van der Waals surface area (Å²) >= 11 is 0. The van der Waals surface area contributed by atoms with Gasteiger partial charge >= 0.3 is 12.0 Å². The molecule has 1 atom stereocenters. The van der Waals surface area contributed by atoms with E-state index in [9.17, 15) is 19.2 Å². The number of piperazine rings is 1. The lowest BCUT2D eigenvalue weighted by molar-refractivity contribution is -0.190. The fourth-order valence-corrected chi connectivity index (χ4v) is 5.06. The topological polar surface area (TPSA) is 108 Å². The molecule has 0 spiro atoms. The number of hydrogen-bond acceptors (Lipinski definition) is 7. The lowest BCUT2D eigenvalue weighted by Gasteiger charge is -2.53. The van der Waals surface area contributed by atoms with Crippen LogP contribution in [0.1, 0.15) is 49.0 Å². The van der Waals surface area contributed by atoms with Gasteiger partial charge in [-0.2, -0.15) is 0 Å². The van der Waals surface area contributed by atoms with Crippen LogP contribution in [0.3, 0.4) is 0 Å². The molecule has 0 aliphatic carbocycles. The molecule has 0 aromatic heterocycles. The molecule has 4 rings (SSSR count). The minimum atomic E-state index is -0.833. The molecule has 2 fully saturated rings. The third-order valence-electron chi connectivity index (χ3n) is 7.82. The van der Waals surface area contributed by atoms with Gasteiger partial charge in [-0.3, -0.25) is 14.4 Å². The average Bonchev–Trinajstić information content (AvgIpc) is 2.97. The van der Waals surface area contributed by atoms with Gasteiger partial charge in [-0.05, 0) is 49.7 Å². The molecule has 2 aliphatic rings. The molecule has 10 nitrogen and oxygen atoms in total. The Morgan fingerprint density at radius 1 is 0.950 bits per heavy atom. The van der Waals surface area contributed by atoms with Crippen LogP contribution in [-0.2, 0) is 20.9 Å². The monoisotopic (exact) mass is 550 g/mol. The number of esters is 1. The summed E-state index contributed by atoms with van der Waals surface area (Å²) in [6.45, 7) is 7.02. The highest BCUT2D eigenvalue weighted by molar-refractivity contribution is 6.03. The van der Waals surface area contributed by atoms with Crippen LogP contribution in [0.2, 0.25) is 0 Å². The van der Waals surface area contributed by atoms with Gasteiger partial charge in [-0.15, -0.1) is 0 Å². The van der Waals surface area contributed by atoms with Crippen LogP contribution < -0.4 is 10.1 Å². The predicted molar refractivity (Wildman–Crippen MR) is 148 cm³/mol. The lowest BCUT2D eigenvalue weighted by Crippen LogP contribution is -2.73. The molecule has 214 valence electrons. The Balaban J connectivity index is 1.33. The van der Waals surface area contributed by atoms with Crippen LogP contribution in [0.25, 0.3) is 0 Å². The molecule has 4 amide bonds. The highest BCUT2D eigenvalue weighted by Crippen LogP contribution is 2.46. The first-order chi connectivity index (χ1) is 19.3. The van der Waals surface area contributed by atoms with Crippen molar-refractivity contribution in [1.29, 1.82) is 0 Å². The van der Waals surface area contributed by atoms with Crippen molar-refractivity contribution in [3.8, 4) is 5.75 Å². The highest BCUT2D eigenvalue weighted by Gasteiger charge is 2.62. The van der Waals surface area contributed by atoms with Crippen LogP contribution in [0.5, 0.6) is 5.75 Å². The fraction of sp³-hybridized carbons (Fsp3) is 0.467. The summed E-state index contributed by atoms with van der Waals surface area (Å²) in [6.07, 6.45) is 0.173. The number of rotatable bonds is 10. The predicted octanol–water partition coefficient (Wildman–Crippen LogP) is 3.27. The van der Waals surface area contributed by atoms with E-state index >= 15 is 0 Å². The maximum Gasteiger partial charge on any atom is 0.327 e. The van der Waals surface area contributed by atoms with Gasteiger partial charge in [0, 0.05) is 38.3 Å². The summed E-state index contributed by atoms with van der Waals surface area (Å²) in [7, 11) is 2.04. The standard InChI is InChI=1S/C30H38N4O6/c1-4-30(5-2)27(37)34(29(38)31-16-15-25(35)39-21-22-9-7-6-8-10-22)28(30)40-24-13-11-23(12-14-24)26(36)33-19-17-32(3)18-20-33/h6-14,28H,4-5,15-21H2,1-3H3,(H,31,38). The number of likely N-dealkylation sites (N-methyl/N-ethyl adjacent to an activating group) is 1. The first-order valence-electron chi connectivity index (χ1n) is 13.8. The molecule has 1 N–H and O–H groups in total. The van der Waals surface area contributed by atoms with Crippen LogP contribution in [0, 0.1) is 5.41 Å². The van der Waals surface area contributed by atoms with Crippen molar-refractivity contribution in [2.24, 2.45) is 5.41 Å². The average molecular weight is 551 g/mol. The van der Waals surface area contributed by atoms with Crippen molar-refractivity contribution in [1.82, 2.24) is 20.0 Å². The molecule has 1 unspecified atom stereocenters. The van der Waals surface area contributed by atoms with Gasteiger partial charge in [-0.1, -0.05) is 44.2 Å². The number of nitrogens with zero attached hydrogens (tertiary/aromatic N) is 3. The number of likely N-dealkylation sites (tertiary alicyclic amines) is 1. The molecule has 2 aliphatic heterocycles. The van der Waals surface area contributed by atoms with Gasteiger partial charge in [0.2, 0.25) is 5.91 Å². The van der Waals surface area contributed by atoms with Gasteiger partial charge in [-0.25, -0.2) is 9.69 Å². The number of amides is 4. The van der Waals surface area contributed by atoms with Crippen molar-refractivity contribution in [2.45, 2.75) is 45.9 Å². The third-order valence-corrected chi connectivity index (χ3v) is 7.82. The minimum absolute atomic E-state index is 0.0251. The van der Waals surface area contributed by atoms with Crippen molar-refractivity contribution in [3.05, 3.63) is 65.7 Å². The quantitative estimate of drug-likeness (QED) is 0.357. The zero-order chi connectivity index (χ0) is 28.7. The number of hydrogen-bond donors (Lipinski definition) is 1. The molecule has 2 aromatic rings. The van der Waals surface area contributed by atoms with E-state index in [4.69, 9.17) is 9.47 Å².